The molecule has 0 aliphatic carbocycles. The van der Waals surface area contributed by atoms with Crippen LogP contribution in [-0.4, -0.2) is 48.9 Å². The number of nitrogen functional groups attached to an aromatic ring is 1. The van der Waals surface area contributed by atoms with Crippen LogP contribution in [-0.2, 0) is 0 Å². The van der Waals surface area contributed by atoms with Crippen molar-refractivity contribution in [1.82, 2.24) is 9.80 Å². The number of amides is 1. The topological polar surface area (TPSA) is 49.6 Å². The van der Waals surface area contributed by atoms with Gasteiger partial charge in [0.05, 0.1) is 10.6 Å². The standard InChI is InChI=1S/C12H16ClN3O/c1-15(2)9-6-16(7-9)12(17)10-5-8(14)3-4-11(10)13/h3-5,9H,6-7,14H2,1-2H3. The summed E-state index contributed by atoms with van der Waals surface area (Å²) in [5.41, 5.74) is 6.71. The Balaban J connectivity index is 2.09. The molecule has 1 saturated heterocycles. The Morgan fingerprint density at radius 1 is 1.47 bits per heavy atom. The van der Waals surface area contributed by atoms with Gasteiger partial charge in [0.25, 0.3) is 5.91 Å². The molecule has 0 spiro atoms. The number of nitrogens with zero attached hydrogens (tertiary/aromatic N) is 2. The number of rotatable bonds is 2. The Kier molecular flexibility index (Phi) is 3.26. The summed E-state index contributed by atoms with van der Waals surface area (Å²) in [5.74, 6) is -0.0413. The van der Waals surface area contributed by atoms with E-state index in [9.17, 15) is 4.79 Å². The van der Waals surface area contributed by atoms with Crippen LogP contribution < -0.4 is 5.73 Å². The van der Waals surface area contributed by atoms with Crippen molar-refractivity contribution in [3.63, 3.8) is 0 Å². The average molecular weight is 254 g/mol. The van der Waals surface area contributed by atoms with E-state index in [4.69, 9.17) is 17.3 Å². The molecule has 4 nitrogen and oxygen atoms in total. The Labute approximate surface area is 106 Å². The summed E-state index contributed by atoms with van der Waals surface area (Å²) in [7, 11) is 4.03. The molecule has 1 aliphatic rings. The van der Waals surface area contributed by atoms with Gasteiger partial charge in [0.1, 0.15) is 0 Å². The van der Waals surface area contributed by atoms with Gasteiger partial charge in [0.2, 0.25) is 0 Å². The second kappa shape index (κ2) is 4.55. The zero-order valence-electron chi connectivity index (χ0n) is 9.98. The molecule has 1 aliphatic heterocycles. The highest BCUT2D eigenvalue weighted by atomic mass is 35.5. The molecule has 0 saturated carbocycles. The predicted molar refractivity (Wildman–Crippen MR) is 69.2 cm³/mol. The van der Waals surface area contributed by atoms with E-state index < -0.39 is 0 Å². The number of carbonyl (C=O) groups is 1. The fourth-order valence-electron chi connectivity index (χ4n) is 1.82. The number of anilines is 1. The van der Waals surface area contributed by atoms with Gasteiger partial charge in [-0.15, -0.1) is 0 Å². The van der Waals surface area contributed by atoms with E-state index in [1.807, 2.05) is 14.1 Å². The third-order valence-corrected chi connectivity index (χ3v) is 3.43. The zero-order valence-corrected chi connectivity index (χ0v) is 10.7. The van der Waals surface area contributed by atoms with Crippen LogP contribution in [0.25, 0.3) is 0 Å². The summed E-state index contributed by atoms with van der Waals surface area (Å²) in [6.45, 7) is 1.49. The number of hydrogen-bond donors (Lipinski definition) is 1. The number of hydrogen-bond acceptors (Lipinski definition) is 3. The van der Waals surface area contributed by atoms with Gasteiger partial charge in [-0.2, -0.15) is 0 Å². The molecule has 92 valence electrons. The molecule has 1 amide bonds. The normalized spacial score (nSPS) is 16.1. The Hall–Kier alpha value is -1.26. The van der Waals surface area contributed by atoms with Gasteiger partial charge in [0, 0.05) is 24.8 Å². The van der Waals surface area contributed by atoms with E-state index >= 15 is 0 Å². The van der Waals surface area contributed by atoms with Crippen LogP contribution in [0.5, 0.6) is 0 Å². The van der Waals surface area contributed by atoms with Crippen LogP contribution in [0, 0.1) is 0 Å². The molecule has 0 aromatic heterocycles. The van der Waals surface area contributed by atoms with Crippen LogP contribution in [0.4, 0.5) is 5.69 Å². The molecule has 1 aromatic carbocycles. The smallest absolute Gasteiger partial charge is 0.255 e. The molecule has 0 bridgehead atoms. The fourth-order valence-corrected chi connectivity index (χ4v) is 2.02. The maximum absolute atomic E-state index is 12.1. The number of halogens is 1. The van der Waals surface area contributed by atoms with Crippen LogP contribution >= 0.6 is 11.6 Å². The monoisotopic (exact) mass is 253 g/mol. The number of carbonyl (C=O) groups excluding carboxylic acids is 1. The van der Waals surface area contributed by atoms with Gasteiger partial charge in [-0.25, -0.2) is 0 Å². The quantitative estimate of drug-likeness (QED) is 0.809. The van der Waals surface area contributed by atoms with E-state index in [-0.39, 0.29) is 5.91 Å². The van der Waals surface area contributed by atoms with E-state index in [1.54, 1.807) is 23.1 Å². The van der Waals surface area contributed by atoms with Gasteiger partial charge >= 0.3 is 0 Å². The molecular weight excluding hydrogens is 238 g/mol. The molecule has 2 rings (SSSR count). The summed E-state index contributed by atoms with van der Waals surface area (Å²) in [4.78, 5) is 16.0. The minimum Gasteiger partial charge on any atom is -0.399 e. The van der Waals surface area contributed by atoms with Crippen molar-refractivity contribution in [2.24, 2.45) is 0 Å². The molecule has 2 N–H and O–H groups in total. The highest BCUT2D eigenvalue weighted by molar-refractivity contribution is 6.34. The van der Waals surface area contributed by atoms with Crippen molar-refractivity contribution in [1.29, 1.82) is 0 Å². The molecule has 0 atom stereocenters. The molecule has 17 heavy (non-hydrogen) atoms. The first-order valence-corrected chi connectivity index (χ1v) is 5.87. The van der Waals surface area contributed by atoms with Crippen LogP contribution in [0.1, 0.15) is 10.4 Å². The van der Waals surface area contributed by atoms with Crippen molar-refractivity contribution in [2.75, 3.05) is 32.9 Å². The lowest BCUT2D eigenvalue weighted by molar-refractivity contribution is 0.0399. The largest absolute Gasteiger partial charge is 0.399 e. The predicted octanol–water partition coefficient (Wildman–Crippen LogP) is 1.31. The first kappa shape index (κ1) is 12.2. The molecule has 1 heterocycles. The number of benzene rings is 1. The minimum absolute atomic E-state index is 0.0413. The van der Waals surface area contributed by atoms with Crippen molar-refractivity contribution in [3.8, 4) is 0 Å². The van der Waals surface area contributed by atoms with E-state index in [2.05, 4.69) is 4.90 Å². The summed E-state index contributed by atoms with van der Waals surface area (Å²) in [6.07, 6.45) is 0. The average Bonchev–Trinajstić information content (AvgIpc) is 2.18. The van der Waals surface area contributed by atoms with Crippen LogP contribution in [0.3, 0.4) is 0 Å². The van der Waals surface area contributed by atoms with E-state index in [0.717, 1.165) is 13.1 Å². The lowest BCUT2D eigenvalue weighted by Gasteiger charge is -2.42. The van der Waals surface area contributed by atoms with Crippen molar-refractivity contribution < 1.29 is 4.79 Å². The summed E-state index contributed by atoms with van der Waals surface area (Å²) in [6, 6.07) is 5.43. The summed E-state index contributed by atoms with van der Waals surface area (Å²) < 4.78 is 0. The second-order valence-corrected chi connectivity index (χ2v) is 4.97. The molecule has 0 radical (unpaired) electrons. The van der Waals surface area contributed by atoms with Gasteiger partial charge in [-0.3, -0.25) is 4.79 Å². The lowest BCUT2D eigenvalue weighted by atomic mass is 10.1. The van der Waals surface area contributed by atoms with E-state index in [0.29, 0.717) is 22.3 Å². The number of nitrogens with two attached hydrogens (primary N) is 1. The maximum Gasteiger partial charge on any atom is 0.255 e. The fraction of sp³-hybridized carbons (Fsp3) is 0.417. The highest BCUT2D eigenvalue weighted by Gasteiger charge is 2.33. The summed E-state index contributed by atoms with van der Waals surface area (Å²) >= 11 is 6.00. The number of likely N-dealkylation sites (N-methyl/N-ethyl adjacent to an activating group) is 1. The molecule has 1 aromatic rings. The van der Waals surface area contributed by atoms with Gasteiger partial charge in [0.15, 0.2) is 0 Å². The van der Waals surface area contributed by atoms with Crippen LogP contribution in [0.2, 0.25) is 5.02 Å². The lowest BCUT2D eigenvalue weighted by Crippen LogP contribution is -2.59. The summed E-state index contributed by atoms with van der Waals surface area (Å²) in [5, 5.41) is 0.456. The maximum atomic E-state index is 12.1. The highest BCUT2D eigenvalue weighted by Crippen LogP contribution is 2.23. The Morgan fingerprint density at radius 3 is 2.71 bits per heavy atom. The van der Waals surface area contributed by atoms with E-state index in [1.165, 1.54) is 0 Å². The SMILES string of the molecule is CN(C)C1CN(C(=O)c2cc(N)ccc2Cl)C1. The first-order chi connectivity index (χ1) is 7.99. The Morgan fingerprint density at radius 2 is 2.12 bits per heavy atom. The minimum atomic E-state index is -0.0413. The van der Waals surface area contributed by atoms with Crippen molar-refractivity contribution >= 4 is 23.2 Å². The number of likely N-dealkylation sites (tertiary alicyclic amines) is 1. The molecular formula is C12H16ClN3O. The van der Waals surface area contributed by atoms with Gasteiger partial charge in [-0.1, -0.05) is 11.6 Å². The van der Waals surface area contributed by atoms with Gasteiger partial charge in [-0.05, 0) is 32.3 Å². The van der Waals surface area contributed by atoms with Crippen LogP contribution in [0.15, 0.2) is 18.2 Å². The van der Waals surface area contributed by atoms with Crippen molar-refractivity contribution in [3.05, 3.63) is 28.8 Å². The first-order valence-electron chi connectivity index (χ1n) is 5.50. The molecule has 5 heteroatoms. The zero-order chi connectivity index (χ0) is 12.6. The molecule has 1 fully saturated rings. The third-order valence-electron chi connectivity index (χ3n) is 3.10. The van der Waals surface area contributed by atoms with Crippen molar-refractivity contribution in [2.45, 2.75) is 6.04 Å². The third kappa shape index (κ3) is 2.37. The molecule has 0 unspecified atom stereocenters. The van der Waals surface area contributed by atoms with Gasteiger partial charge < -0.3 is 15.5 Å². The second-order valence-electron chi connectivity index (χ2n) is 4.57. The Bertz CT molecular complexity index is 441.